The number of benzene rings is 1. The summed E-state index contributed by atoms with van der Waals surface area (Å²) in [6.07, 6.45) is 5.40. The van der Waals surface area contributed by atoms with Gasteiger partial charge in [0, 0.05) is 25.1 Å². The maximum absolute atomic E-state index is 12.2. The number of aryl methyl sites for hydroxylation is 2. The maximum Gasteiger partial charge on any atom is 0.237 e. The molecule has 2 aromatic rings. The Bertz CT molecular complexity index is 608. The largest absolute Gasteiger partial charge is 0.329 e. The Morgan fingerprint density at radius 2 is 2.26 bits per heavy atom. The SMILES string of the molecule is Cn1ccnc1S[C@@H]1CCc2ccccc2NC1=O. The van der Waals surface area contributed by atoms with Crippen LogP contribution in [0.25, 0.3) is 0 Å². The van der Waals surface area contributed by atoms with Crippen molar-refractivity contribution in [2.24, 2.45) is 7.05 Å². The van der Waals surface area contributed by atoms with Crippen LogP contribution in [-0.4, -0.2) is 20.7 Å². The molecule has 98 valence electrons. The number of anilines is 1. The molecule has 1 aromatic heterocycles. The van der Waals surface area contributed by atoms with Gasteiger partial charge in [-0.05, 0) is 24.5 Å². The van der Waals surface area contributed by atoms with Crippen molar-refractivity contribution in [3.8, 4) is 0 Å². The zero-order valence-corrected chi connectivity index (χ0v) is 11.5. The number of aromatic nitrogens is 2. The molecular weight excluding hydrogens is 258 g/mol. The number of imidazole rings is 1. The molecule has 1 N–H and O–H groups in total. The first-order chi connectivity index (χ1) is 9.24. The lowest BCUT2D eigenvalue weighted by Crippen LogP contribution is -2.23. The summed E-state index contributed by atoms with van der Waals surface area (Å²) in [5.41, 5.74) is 2.15. The van der Waals surface area contributed by atoms with E-state index in [0.717, 1.165) is 23.7 Å². The first-order valence-corrected chi connectivity index (χ1v) is 7.15. The third-order valence-corrected chi connectivity index (χ3v) is 4.61. The summed E-state index contributed by atoms with van der Waals surface area (Å²) in [5.74, 6) is 0.0675. The van der Waals surface area contributed by atoms with Crippen LogP contribution in [0.3, 0.4) is 0 Å². The highest BCUT2D eigenvalue weighted by Crippen LogP contribution is 2.30. The van der Waals surface area contributed by atoms with Crippen LogP contribution in [0.15, 0.2) is 41.8 Å². The summed E-state index contributed by atoms with van der Waals surface area (Å²) < 4.78 is 1.94. The number of rotatable bonds is 2. The summed E-state index contributed by atoms with van der Waals surface area (Å²) >= 11 is 1.53. The van der Waals surface area contributed by atoms with Gasteiger partial charge in [0.25, 0.3) is 0 Å². The minimum Gasteiger partial charge on any atom is -0.329 e. The molecule has 1 aliphatic rings. The number of nitrogens with one attached hydrogen (secondary N) is 1. The minimum absolute atomic E-state index is 0.0675. The lowest BCUT2D eigenvalue weighted by atomic mass is 10.1. The molecular formula is C14H15N3OS. The first kappa shape index (κ1) is 12.3. The van der Waals surface area contributed by atoms with Gasteiger partial charge in [0.15, 0.2) is 5.16 Å². The third-order valence-electron chi connectivity index (χ3n) is 3.27. The second kappa shape index (κ2) is 5.09. The summed E-state index contributed by atoms with van der Waals surface area (Å²) in [6, 6.07) is 7.99. The van der Waals surface area contributed by atoms with Gasteiger partial charge in [-0.15, -0.1) is 0 Å². The average Bonchev–Trinajstić information content (AvgIpc) is 2.73. The van der Waals surface area contributed by atoms with E-state index in [1.54, 1.807) is 6.20 Å². The van der Waals surface area contributed by atoms with E-state index in [1.807, 2.05) is 36.0 Å². The zero-order chi connectivity index (χ0) is 13.2. The average molecular weight is 273 g/mol. The predicted molar refractivity (Wildman–Crippen MR) is 76.2 cm³/mol. The van der Waals surface area contributed by atoms with Gasteiger partial charge in [-0.25, -0.2) is 4.98 Å². The van der Waals surface area contributed by atoms with Crippen LogP contribution in [0.4, 0.5) is 5.69 Å². The van der Waals surface area contributed by atoms with Crippen molar-refractivity contribution in [1.82, 2.24) is 9.55 Å². The molecule has 0 unspecified atom stereocenters. The third kappa shape index (κ3) is 2.51. The zero-order valence-electron chi connectivity index (χ0n) is 10.7. The molecule has 0 spiro atoms. The lowest BCUT2D eigenvalue weighted by Gasteiger charge is -2.12. The van der Waals surface area contributed by atoms with E-state index in [4.69, 9.17) is 0 Å². The van der Waals surface area contributed by atoms with Crippen LogP contribution in [0.5, 0.6) is 0 Å². The number of amides is 1. The Hall–Kier alpha value is -1.75. The van der Waals surface area contributed by atoms with E-state index >= 15 is 0 Å². The van der Waals surface area contributed by atoms with Crippen molar-refractivity contribution >= 4 is 23.4 Å². The molecule has 0 saturated heterocycles. The quantitative estimate of drug-likeness (QED) is 0.914. The van der Waals surface area contributed by atoms with Gasteiger partial charge in [0.1, 0.15) is 0 Å². The molecule has 0 bridgehead atoms. The number of thioether (sulfide) groups is 1. The van der Waals surface area contributed by atoms with Crippen molar-refractivity contribution in [3.05, 3.63) is 42.2 Å². The summed E-state index contributed by atoms with van der Waals surface area (Å²) in [4.78, 5) is 16.5. The molecule has 3 rings (SSSR count). The molecule has 1 aliphatic heterocycles. The van der Waals surface area contributed by atoms with Crippen LogP contribution in [0, 0.1) is 0 Å². The van der Waals surface area contributed by atoms with Crippen LogP contribution in [0.2, 0.25) is 0 Å². The number of hydrogen-bond acceptors (Lipinski definition) is 3. The Morgan fingerprint density at radius 3 is 3.05 bits per heavy atom. The number of para-hydroxylation sites is 1. The Labute approximate surface area is 116 Å². The molecule has 0 fully saturated rings. The van der Waals surface area contributed by atoms with Crippen LogP contribution >= 0.6 is 11.8 Å². The topological polar surface area (TPSA) is 46.9 Å². The normalized spacial score (nSPS) is 18.6. The molecule has 1 atom stereocenters. The van der Waals surface area contributed by atoms with E-state index in [9.17, 15) is 4.79 Å². The van der Waals surface area contributed by atoms with Gasteiger partial charge in [-0.1, -0.05) is 30.0 Å². The van der Waals surface area contributed by atoms with Crippen molar-refractivity contribution in [2.75, 3.05) is 5.32 Å². The van der Waals surface area contributed by atoms with Crippen LogP contribution in [-0.2, 0) is 18.3 Å². The fraction of sp³-hybridized carbons (Fsp3) is 0.286. The Morgan fingerprint density at radius 1 is 1.42 bits per heavy atom. The van der Waals surface area contributed by atoms with Crippen molar-refractivity contribution < 1.29 is 4.79 Å². The van der Waals surface area contributed by atoms with E-state index in [1.165, 1.54) is 17.3 Å². The fourth-order valence-electron chi connectivity index (χ4n) is 2.20. The van der Waals surface area contributed by atoms with E-state index < -0.39 is 0 Å². The molecule has 0 saturated carbocycles. The van der Waals surface area contributed by atoms with Gasteiger partial charge in [0.05, 0.1) is 5.25 Å². The standard InChI is InChI=1S/C14H15N3OS/c1-17-9-8-15-14(17)19-12-7-6-10-4-2-3-5-11(10)16-13(12)18/h2-5,8-9,12H,6-7H2,1H3,(H,16,18)/t12-/m1/s1. The molecule has 0 aliphatic carbocycles. The lowest BCUT2D eigenvalue weighted by molar-refractivity contribution is -0.115. The summed E-state index contributed by atoms with van der Waals surface area (Å²) in [5, 5.41) is 3.80. The minimum atomic E-state index is -0.0894. The Kier molecular flexibility index (Phi) is 3.29. The highest BCUT2D eigenvalue weighted by atomic mass is 32.2. The second-order valence-electron chi connectivity index (χ2n) is 4.61. The van der Waals surface area contributed by atoms with Crippen LogP contribution < -0.4 is 5.32 Å². The molecule has 1 amide bonds. The van der Waals surface area contributed by atoms with Crippen molar-refractivity contribution in [1.29, 1.82) is 0 Å². The van der Waals surface area contributed by atoms with Gasteiger partial charge in [0.2, 0.25) is 5.91 Å². The molecule has 2 heterocycles. The van der Waals surface area contributed by atoms with Crippen molar-refractivity contribution in [3.63, 3.8) is 0 Å². The van der Waals surface area contributed by atoms with E-state index in [-0.39, 0.29) is 11.2 Å². The van der Waals surface area contributed by atoms with Gasteiger partial charge in [-0.2, -0.15) is 0 Å². The fourth-order valence-corrected chi connectivity index (χ4v) is 3.20. The highest BCUT2D eigenvalue weighted by Gasteiger charge is 2.25. The van der Waals surface area contributed by atoms with E-state index in [0.29, 0.717) is 0 Å². The number of fused-ring (bicyclic) bond motifs is 1. The molecule has 5 heteroatoms. The maximum atomic E-state index is 12.2. The second-order valence-corrected chi connectivity index (χ2v) is 5.78. The van der Waals surface area contributed by atoms with Gasteiger partial charge < -0.3 is 9.88 Å². The van der Waals surface area contributed by atoms with Gasteiger partial charge in [-0.3, -0.25) is 4.79 Å². The monoisotopic (exact) mass is 273 g/mol. The highest BCUT2D eigenvalue weighted by molar-refractivity contribution is 8.00. The van der Waals surface area contributed by atoms with Crippen molar-refractivity contribution in [2.45, 2.75) is 23.2 Å². The molecule has 1 aromatic carbocycles. The predicted octanol–water partition coefficient (Wildman–Crippen LogP) is 2.47. The number of nitrogens with zero attached hydrogens (tertiary/aromatic N) is 2. The number of hydrogen-bond donors (Lipinski definition) is 1. The molecule has 4 nitrogen and oxygen atoms in total. The van der Waals surface area contributed by atoms with Gasteiger partial charge >= 0.3 is 0 Å². The Balaban J connectivity index is 1.79. The van der Waals surface area contributed by atoms with Crippen LogP contribution in [0.1, 0.15) is 12.0 Å². The first-order valence-electron chi connectivity index (χ1n) is 6.27. The molecule has 19 heavy (non-hydrogen) atoms. The van der Waals surface area contributed by atoms with E-state index in [2.05, 4.69) is 16.4 Å². The number of carbonyl (C=O) groups excluding carboxylic acids is 1. The summed E-state index contributed by atoms with van der Waals surface area (Å²) in [7, 11) is 1.94. The number of carbonyl (C=O) groups is 1. The smallest absolute Gasteiger partial charge is 0.237 e. The molecule has 0 radical (unpaired) electrons. The summed E-state index contributed by atoms with van der Waals surface area (Å²) in [6.45, 7) is 0.